The number of H-pyrrole nitrogens is 2. The van der Waals surface area contributed by atoms with Gasteiger partial charge in [0.2, 0.25) is 5.91 Å². The van der Waals surface area contributed by atoms with Crippen LogP contribution in [0, 0.1) is 5.82 Å². The molecule has 0 saturated carbocycles. The Kier molecular flexibility index (Phi) is 7.58. The highest BCUT2D eigenvalue weighted by Gasteiger charge is 2.41. The molecule has 0 bridgehead atoms. The van der Waals surface area contributed by atoms with Gasteiger partial charge in [0.05, 0.1) is 52.0 Å². The fraction of sp³-hybridized carbons (Fsp3) is 0.467. The fourth-order valence-corrected chi connectivity index (χ4v) is 5.90. The van der Waals surface area contributed by atoms with Gasteiger partial charge in [0, 0.05) is 57.0 Å². The molecule has 12 heteroatoms. The van der Waals surface area contributed by atoms with Gasteiger partial charge in [-0.25, -0.2) is 9.37 Å². The zero-order valence-corrected chi connectivity index (χ0v) is 24.5. The molecule has 1 fully saturated rings. The number of carbonyl (C=O) groups is 1. The SMILES string of the molecule is CCCCC(=O)Nc1cncc(-c2ncc3[nH]nc(-c4nc5c([nH]4)[C@@H](C)N=CCC5(C)N4CCN(C)CC4)c3c2F)c1. The molecule has 2 atom stereocenters. The summed E-state index contributed by atoms with van der Waals surface area (Å²) < 4.78 is 16.3. The van der Waals surface area contributed by atoms with E-state index in [0.717, 1.165) is 56.8 Å². The van der Waals surface area contributed by atoms with Crippen LogP contribution in [-0.2, 0) is 10.3 Å². The van der Waals surface area contributed by atoms with E-state index in [1.54, 1.807) is 18.5 Å². The van der Waals surface area contributed by atoms with Crippen LogP contribution in [-0.4, -0.2) is 85.3 Å². The Morgan fingerprint density at radius 1 is 1.19 bits per heavy atom. The minimum absolute atomic E-state index is 0.100. The van der Waals surface area contributed by atoms with Crippen LogP contribution in [0.25, 0.3) is 33.7 Å². The van der Waals surface area contributed by atoms with Gasteiger partial charge in [-0.15, -0.1) is 0 Å². The molecule has 0 spiro atoms. The molecule has 0 aromatic carbocycles. The molecule has 42 heavy (non-hydrogen) atoms. The number of anilines is 1. The largest absolute Gasteiger partial charge is 0.338 e. The van der Waals surface area contributed by atoms with E-state index in [9.17, 15) is 4.79 Å². The van der Waals surface area contributed by atoms with Crippen molar-refractivity contribution in [2.24, 2.45) is 4.99 Å². The summed E-state index contributed by atoms with van der Waals surface area (Å²) in [5.74, 6) is -0.148. The molecular weight excluding hydrogens is 535 g/mol. The molecule has 1 amide bonds. The Morgan fingerprint density at radius 2 is 2.00 bits per heavy atom. The summed E-state index contributed by atoms with van der Waals surface area (Å²) in [5.41, 5.74) is 3.40. The molecule has 1 unspecified atom stereocenters. The first kappa shape index (κ1) is 28.1. The standard InChI is InChI=1S/C30H37FN10O/c1-5-6-7-22(42)35-20-14-19(15-32-16-20)26-24(31)23-21(17-34-26)38-39-27(23)29-36-25-18(2)33-9-8-30(3,28(25)37-29)41-12-10-40(4)11-13-41/h9,14-18H,5-8,10-13H2,1-4H3,(H,35,42)(H,36,37)(H,38,39)/t18-,30?/m1/s1. The molecule has 4 aromatic heterocycles. The van der Waals surface area contributed by atoms with Crippen molar-refractivity contribution in [3.63, 3.8) is 0 Å². The number of aromatic nitrogens is 6. The highest BCUT2D eigenvalue weighted by molar-refractivity contribution is 5.94. The molecule has 6 rings (SSSR count). The maximum atomic E-state index is 16.3. The van der Waals surface area contributed by atoms with E-state index in [1.165, 1.54) is 6.20 Å². The van der Waals surface area contributed by atoms with Crippen LogP contribution in [0.15, 0.2) is 29.6 Å². The lowest BCUT2D eigenvalue weighted by molar-refractivity contribution is -0.116. The molecule has 3 N–H and O–H groups in total. The first-order valence-corrected chi connectivity index (χ1v) is 14.6. The van der Waals surface area contributed by atoms with Gasteiger partial charge in [-0.2, -0.15) is 5.10 Å². The Morgan fingerprint density at radius 3 is 2.79 bits per heavy atom. The lowest BCUT2D eigenvalue weighted by Crippen LogP contribution is -2.53. The van der Waals surface area contributed by atoms with Crippen LogP contribution >= 0.6 is 0 Å². The Balaban J connectivity index is 1.39. The van der Waals surface area contributed by atoms with E-state index in [0.29, 0.717) is 40.1 Å². The molecule has 2 aliphatic heterocycles. The van der Waals surface area contributed by atoms with Gasteiger partial charge in [0.25, 0.3) is 0 Å². The number of nitrogens with one attached hydrogen (secondary N) is 3. The minimum atomic E-state index is -0.535. The Bertz CT molecular complexity index is 1640. The number of piperazine rings is 1. The van der Waals surface area contributed by atoms with Crippen LogP contribution in [0.3, 0.4) is 0 Å². The quantitative estimate of drug-likeness (QED) is 0.293. The van der Waals surface area contributed by atoms with Crippen LogP contribution in [0.5, 0.6) is 0 Å². The third-order valence-electron chi connectivity index (χ3n) is 8.50. The second kappa shape index (κ2) is 11.3. The number of carbonyl (C=O) groups excluding carboxylic acids is 1. The summed E-state index contributed by atoms with van der Waals surface area (Å²) in [7, 11) is 2.14. The normalized spacial score (nSPS) is 21.4. The van der Waals surface area contributed by atoms with E-state index >= 15 is 4.39 Å². The predicted octanol–water partition coefficient (Wildman–Crippen LogP) is 4.68. The van der Waals surface area contributed by atoms with E-state index in [1.807, 2.05) is 20.1 Å². The number of halogens is 1. The molecule has 220 valence electrons. The lowest BCUT2D eigenvalue weighted by Gasteiger charge is -2.44. The number of amides is 1. The van der Waals surface area contributed by atoms with Crippen LogP contribution in [0.4, 0.5) is 10.1 Å². The average Bonchev–Trinajstić information content (AvgIpc) is 3.60. The summed E-state index contributed by atoms with van der Waals surface area (Å²) in [5, 5.41) is 10.5. The topological polar surface area (TPSA) is 131 Å². The van der Waals surface area contributed by atoms with Crippen molar-refractivity contribution in [2.45, 2.75) is 58.0 Å². The number of nitrogens with zero attached hydrogens (tertiary/aromatic N) is 7. The number of unbranched alkanes of at least 4 members (excludes halogenated alkanes) is 1. The van der Waals surface area contributed by atoms with Gasteiger partial charge in [-0.1, -0.05) is 13.3 Å². The molecule has 0 aliphatic carbocycles. The van der Waals surface area contributed by atoms with Crippen molar-refractivity contribution in [1.82, 2.24) is 39.9 Å². The highest BCUT2D eigenvalue weighted by atomic mass is 19.1. The lowest BCUT2D eigenvalue weighted by atomic mass is 9.89. The summed E-state index contributed by atoms with van der Waals surface area (Å²) in [6.45, 7) is 10.1. The molecule has 11 nitrogen and oxygen atoms in total. The van der Waals surface area contributed by atoms with Crippen molar-refractivity contribution < 1.29 is 9.18 Å². The number of fused-ring (bicyclic) bond motifs is 2. The number of hydrogen-bond acceptors (Lipinski definition) is 8. The molecule has 0 radical (unpaired) electrons. The van der Waals surface area contributed by atoms with Crippen molar-refractivity contribution in [1.29, 1.82) is 0 Å². The molecule has 2 aliphatic rings. The summed E-state index contributed by atoms with van der Waals surface area (Å²) in [6.07, 6.45) is 9.53. The van der Waals surface area contributed by atoms with Gasteiger partial charge in [0.15, 0.2) is 11.6 Å². The van der Waals surface area contributed by atoms with Crippen LogP contribution < -0.4 is 5.32 Å². The number of likely N-dealkylation sites (N-methyl/N-ethyl adjacent to an activating group) is 1. The van der Waals surface area contributed by atoms with E-state index < -0.39 is 5.82 Å². The number of pyridine rings is 2. The first-order chi connectivity index (χ1) is 20.3. The average molecular weight is 573 g/mol. The summed E-state index contributed by atoms with van der Waals surface area (Å²) in [6, 6.07) is 1.56. The van der Waals surface area contributed by atoms with Crippen molar-refractivity contribution >= 4 is 28.7 Å². The maximum Gasteiger partial charge on any atom is 0.224 e. The second-order valence-corrected chi connectivity index (χ2v) is 11.5. The molecule has 1 saturated heterocycles. The van der Waals surface area contributed by atoms with Crippen molar-refractivity contribution in [3.05, 3.63) is 41.9 Å². The summed E-state index contributed by atoms with van der Waals surface area (Å²) in [4.78, 5) is 39.0. The molecular formula is C30H37FN10O. The van der Waals surface area contributed by atoms with Crippen molar-refractivity contribution in [2.75, 3.05) is 38.5 Å². The molecule has 4 aromatic rings. The van der Waals surface area contributed by atoms with E-state index in [-0.39, 0.29) is 23.2 Å². The zero-order valence-electron chi connectivity index (χ0n) is 24.5. The van der Waals surface area contributed by atoms with Gasteiger partial charge in [0.1, 0.15) is 11.4 Å². The predicted molar refractivity (Wildman–Crippen MR) is 161 cm³/mol. The third-order valence-corrected chi connectivity index (χ3v) is 8.50. The van der Waals surface area contributed by atoms with Crippen LogP contribution in [0.1, 0.15) is 63.9 Å². The minimum Gasteiger partial charge on any atom is -0.338 e. The van der Waals surface area contributed by atoms with Crippen molar-refractivity contribution in [3.8, 4) is 22.8 Å². The van der Waals surface area contributed by atoms with Gasteiger partial charge in [-0.3, -0.25) is 29.8 Å². The number of imidazole rings is 1. The number of hydrogen-bond donors (Lipinski definition) is 3. The van der Waals surface area contributed by atoms with E-state index in [4.69, 9.17) is 9.98 Å². The summed E-state index contributed by atoms with van der Waals surface area (Å²) >= 11 is 0. The number of aromatic amines is 2. The second-order valence-electron chi connectivity index (χ2n) is 11.5. The van der Waals surface area contributed by atoms with Gasteiger partial charge in [-0.05, 0) is 33.4 Å². The zero-order chi connectivity index (χ0) is 29.4. The highest BCUT2D eigenvalue weighted by Crippen LogP contribution is 2.40. The Labute approximate surface area is 244 Å². The van der Waals surface area contributed by atoms with Gasteiger partial charge < -0.3 is 15.2 Å². The third kappa shape index (κ3) is 5.09. The first-order valence-electron chi connectivity index (χ1n) is 14.6. The monoisotopic (exact) mass is 572 g/mol. The van der Waals surface area contributed by atoms with Gasteiger partial charge >= 0.3 is 0 Å². The fourth-order valence-electron chi connectivity index (χ4n) is 5.90. The number of rotatable bonds is 7. The Hall–Kier alpha value is -4.03. The van der Waals surface area contributed by atoms with Crippen LogP contribution in [0.2, 0.25) is 0 Å². The maximum absolute atomic E-state index is 16.3. The number of aliphatic imine (C=N–C) groups is 1. The molecule has 6 heterocycles. The van der Waals surface area contributed by atoms with E-state index in [2.05, 4.69) is 54.2 Å². The smallest absolute Gasteiger partial charge is 0.224 e.